The Bertz CT molecular complexity index is 154. The summed E-state index contributed by atoms with van der Waals surface area (Å²) >= 11 is 0. The van der Waals surface area contributed by atoms with Crippen molar-refractivity contribution < 1.29 is 30.9 Å². The molecule has 9 heavy (non-hydrogen) atoms. The van der Waals surface area contributed by atoms with Gasteiger partial charge in [0.25, 0.3) is 0 Å². The van der Waals surface area contributed by atoms with Crippen LogP contribution in [0.2, 0.25) is 0 Å². The Morgan fingerprint density at radius 3 is 1.56 bits per heavy atom. The Morgan fingerprint density at radius 2 is 1.56 bits per heavy atom. The van der Waals surface area contributed by atoms with Crippen molar-refractivity contribution in [2.75, 3.05) is 0 Å². The van der Waals surface area contributed by atoms with E-state index in [1.807, 2.05) is 0 Å². The third-order valence-electron chi connectivity index (χ3n) is 0.196. The van der Waals surface area contributed by atoms with Gasteiger partial charge in [-0.05, 0) is 0 Å². The highest BCUT2D eigenvalue weighted by molar-refractivity contribution is 7.61. The van der Waals surface area contributed by atoms with Gasteiger partial charge in [-0.15, -0.1) is 12.6 Å². The summed E-state index contributed by atoms with van der Waals surface area (Å²) in [5.41, 5.74) is 0. The van der Waals surface area contributed by atoms with Crippen LogP contribution in [0.15, 0.2) is 0 Å². The Balaban J connectivity index is 4.07. The fraction of sp³-hybridized carbons (Fsp3) is 0. The van der Waals surface area contributed by atoms with Crippen LogP contribution in [0.5, 0.6) is 0 Å². The molecule has 0 heterocycles. The zero-order chi connectivity index (χ0) is 7.71. The first-order chi connectivity index (χ1) is 3.71. The van der Waals surface area contributed by atoms with Gasteiger partial charge in [-0.2, -0.15) is 4.31 Å². The van der Waals surface area contributed by atoms with E-state index in [9.17, 15) is 17.2 Å². The van der Waals surface area contributed by atoms with Crippen LogP contribution in [-0.4, -0.2) is 4.89 Å². The first kappa shape index (κ1) is 9.17. The number of hydrogen-bond acceptors (Lipinski definition) is 3. The molecule has 0 aromatic heterocycles. The highest BCUT2D eigenvalue weighted by Gasteiger charge is 2.34. The smallest absolute Gasteiger partial charge is 0.299 e. The largest absolute Gasteiger partial charge is 0.561 e. The molecule has 0 aliphatic carbocycles. The highest BCUT2D eigenvalue weighted by atomic mass is 31.3. The minimum atomic E-state index is -6.18. The zero-order valence-corrected chi connectivity index (χ0v) is 5.49. The molecule has 1 unspecified atom stereocenters. The van der Waals surface area contributed by atoms with E-state index in [2.05, 4.69) is 4.31 Å². The van der Waals surface area contributed by atoms with Crippen molar-refractivity contribution in [1.29, 1.82) is 0 Å². The van der Waals surface area contributed by atoms with E-state index in [0.717, 1.165) is 0 Å². The number of hydrogen-bond donors (Lipinski definition) is 1. The molecule has 0 amide bonds. The topological polar surface area (TPSA) is 63.6 Å². The summed E-state index contributed by atoms with van der Waals surface area (Å²) in [5, 5.41) is 0. The average Bonchev–Trinajstić information content (AvgIpc) is 1.14. The van der Waals surface area contributed by atoms with Gasteiger partial charge in [-0.25, -0.2) is 9.13 Å². The van der Waals surface area contributed by atoms with Crippen LogP contribution in [0.3, 0.4) is 0 Å². The fourth-order valence-electron chi connectivity index (χ4n) is 0.117. The maximum Gasteiger partial charge on any atom is 0.561 e. The van der Waals surface area contributed by atoms with Crippen molar-refractivity contribution in [3.8, 4) is 0 Å². The molecular formula is HF3O4P2. The predicted octanol–water partition coefficient (Wildman–Crippen LogP) is 2.12. The van der Waals surface area contributed by atoms with Gasteiger partial charge < -0.3 is 0 Å². The molecule has 1 atom stereocenters. The van der Waals surface area contributed by atoms with Gasteiger partial charge in [0.05, 0.1) is 0 Å². The van der Waals surface area contributed by atoms with Gasteiger partial charge >= 0.3 is 15.9 Å². The summed E-state index contributed by atoms with van der Waals surface area (Å²) in [5.74, 6) is 0. The summed E-state index contributed by atoms with van der Waals surface area (Å²) in [4.78, 5) is 7.37. The standard InChI is InChI=1S/F3HO4P2/c1-8(2,4)7-9(3,5)6/h(H,5,6). The molecule has 56 valence electrons. The van der Waals surface area contributed by atoms with E-state index in [4.69, 9.17) is 9.46 Å². The Hall–Kier alpha value is 0.170. The van der Waals surface area contributed by atoms with E-state index >= 15 is 0 Å². The molecule has 0 aliphatic rings. The van der Waals surface area contributed by atoms with E-state index in [1.165, 1.54) is 0 Å². The molecule has 0 spiro atoms. The van der Waals surface area contributed by atoms with Crippen molar-refractivity contribution in [2.45, 2.75) is 0 Å². The number of halogens is 3. The van der Waals surface area contributed by atoms with E-state index in [0.29, 0.717) is 0 Å². The number of rotatable bonds is 2. The maximum atomic E-state index is 11.1. The molecule has 4 nitrogen and oxygen atoms in total. The second-order valence-corrected chi connectivity index (χ2v) is 3.33. The molecule has 1 N–H and O–H groups in total. The lowest BCUT2D eigenvalue weighted by atomic mass is 15.8. The van der Waals surface area contributed by atoms with Gasteiger partial charge in [-0.1, -0.05) is 0 Å². The molecule has 0 fully saturated rings. The van der Waals surface area contributed by atoms with Crippen molar-refractivity contribution in [3.05, 3.63) is 0 Å². The van der Waals surface area contributed by atoms with Crippen LogP contribution in [0.4, 0.5) is 12.6 Å². The zero-order valence-electron chi connectivity index (χ0n) is 3.70. The second-order valence-electron chi connectivity index (χ2n) is 0.948. The Labute approximate surface area is 48.0 Å². The van der Waals surface area contributed by atoms with Gasteiger partial charge in [-0.3, -0.25) is 4.89 Å². The maximum absolute atomic E-state index is 11.1. The van der Waals surface area contributed by atoms with E-state index in [1.54, 1.807) is 0 Å². The Morgan fingerprint density at radius 1 is 1.22 bits per heavy atom. The van der Waals surface area contributed by atoms with Gasteiger partial charge in [0.1, 0.15) is 0 Å². The molecule has 0 aromatic carbocycles. The monoisotopic (exact) mass is 184 g/mol. The van der Waals surface area contributed by atoms with Crippen LogP contribution < -0.4 is 0 Å². The third kappa shape index (κ3) is 8.17. The molecule has 0 saturated carbocycles. The molecule has 9 heteroatoms. The summed E-state index contributed by atoms with van der Waals surface area (Å²) in [6.07, 6.45) is 0. The van der Waals surface area contributed by atoms with Crippen LogP contribution >= 0.6 is 15.9 Å². The first-order valence-corrected chi connectivity index (χ1v) is 4.31. The molecule has 0 radical (unpaired) electrons. The van der Waals surface area contributed by atoms with Crippen LogP contribution in [0, 0.1) is 0 Å². The van der Waals surface area contributed by atoms with Crippen molar-refractivity contribution >= 4 is 15.9 Å². The second kappa shape index (κ2) is 2.42. The lowest BCUT2D eigenvalue weighted by molar-refractivity contribution is 0.298. The van der Waals surface area contributed by atoms with Gasteiger partial charge in [0, 0.05) is 0 Å². The molecular weight excluding hydrogens is 183 g/mol. The van der Waals surface area contributed by atoms with Gasteiger partial charge in [0.15, 0.2) is 0 Å². The minimum Gasteiger partial charge on any atom is -0.299 e. The normalized spacial score (nSPS) is 19.1. The quantitative estimate of drug-likeness (QED) is 0.667. The molecule has 0 bridgehead atoms. The van der Waals surface area contributed by atoms with E-state index in [-0.39, 0.29) is 0 Å². The summed E-state index contributed by atoms with van der Waals surface area (Å²) in [7, 11) is -12.0. The lowest BCUT2D eigenvalue weighted by Gasteiger charge is -1.97. The van der Waals surface area contributed by atoms with Crippen LogP contribution in [0.1, 0.15) is 0 Å². The van der Waals surface area contributed by atoms with Crippen molar-refractivity contribution in [3.63, 3.8) is 0 Å². The third-order valence-corrected chi connectivity index (χ3v) is 1.76. The highest BCUT2D eigenvalue weighted by Crippen LogP contribution is 2.64. The summed E-state index contributed by atoms with van der Waals surface area (Å²) in [6, 6.07) is 0. The van der Waals surface area contributed by atoms with E-state index < -0.39 is 15.9 Å². The van der Waals surface area contributed by atoms with Crippen LogP contribution in [-0.2, 0) is 13.4 Å². The predicted molar refractivity (Wildman–Crippen MR) is 21.8 cm³/mol. The molecule has 0 aromatic rings. The SMILES string of the molecule is O=P(O)(F)OP(=O)(F)F. The summed E-state index contributed by atoms with van der Waals surface area (Å²) < 4.78 is 53.7. The average molecular weight is 184 g/mol. The minimum absolute atomic E-state index is 2.29. The molecule has 0 saturated heterocycles. The first-order valence-electron chi connectivity index (χ1n) is 1.44. The molecule has 0 aliphatic heterocycles. The summed E-state index contributed by atoms with van der Waals surface area (Å²) in [6.45, 7) is 0. The lowest BCUT2D eigenvalue weighted by Crippen LogP contribution is -1.72. The molecule has 0 rings (SSSR count). The van der Waals surface area contributed by atoms with Crippen molar-refractivity contribution in [2.24, 2.45) is 0 Å². The van der Waals surface area contributed by atoms with Crippen LogP contribution in [0.25, 0.3) is 0 Å². The Kier molecular flexibility index (Phi) is 2.47. The van der Waals surface area contributed by atoms with Crippen molar-refractivity contribution in [1.82, 2.24) is 0 Å². The van der Waals surface area contributed by atoms with Gasteiger partial charge in [0.2, 0.25) is 0 Å². The fourth-order valence-corrected chi connectivity index (χ4v) is 1.06.